The van der Waals surface area contributed by atoms with Crippen molar-refractivity contribution >= 4 is 17.9 Å². The van der Waals surface area contributed by atoms with Gasteiger partial charge in [-0.25, -0.2) is 14.4 Å². The topological polar surface area (TPSA) is 107 Å². The third-order valence-electron chi connectivity index (χ3n) is 9.06. The second kappa shape index (κ2) is 17.2. The average molecular weight is 757 g/mol. The van der Waals surface area contributed by atoms with E-state index < -0.39 is 17.9 Å². The van der Waals surface area contributed by atoms with Crippen molar-refractivity contribution < 1.29 is 42.8 Å². The SMILES string of the molecule is COc1ccc(-c2ccccc2)cc1C(=O)Oc1cc(OC(=O)c2cc(-c3ccccc3)ccc2OC)cc(OC(=O)c2cc(-c3ccccc3)ccc2OC)c1. The van der Waals surface area contributed by atoms with E-state index in [2.05, 4.69) is 0 Å². The number of rotatable bonds is 12. The van der Waals surface area contributed by atoms with Gasteiger partial charge in [-0.05, 0) is 69.8 Å². The van der Waals surface area contributed by atoms with Crippen molar-refractivity contribution in [1.82, 2.24) is 0 Å². The molecule has 57 heavy (non-hydrogen) atoms. The zero-order valence-corrected chi connectivity index (χ0v) is 31.3. The lowest BCUT2D eigenvalue weighted by Gasteiger charge is -2.15. The summed E-state index contributed by atoms with van der Waals surface area (Å²) >= 11 is 0. The molecule has 0 heterocycles. The summed E-state index contributed by atoms with van der Waals surface area (Å²) in [6.07, 6.45) is 0. The average Bonchev–Trinajstić information content (AvgIpc) is 3.26. The normalized spacial score (nSPS) is 10.6. The van der Waals surface area contributed by atoms with Gasteiger partial charge in [0.05, 0.1) is 21.3 Å². The van der Waals surface area contributed by atoms with E-state index in [9.17, 15) is 14.4 Å². The van der Waals surface area contributed by atoms with E-state index in [-0.39, 0.29) is 51.2 Å². The van der Waals surface area contributed by atoms with Crippen molar-refractivity contribution in [2.75, 3.05) is 21.3 Å². The molecule has 0 atom stereocenters. The number of esters is 3. The summed E-state index contributed by atoms with van der Waals surface area (Å²) in [5.41, 5.74) is 5.37. The van der Waals surface area contributed by atoms with Crippen LogP contribution in [0.1, 0.15) is 31.1 Å². The fourth-order valence-corrected chi connectivity index (χ4v) is 6.24. The monoisotopic (exact) mass is 756 g/mol. The van der Waals surface area contributed by atoms with E-state index >= 15 is 0 Å². The summed E-state index contributed by atoms with van der Waals surface area (Å²) in [6.45, 7) is 0. The molecule has 7 rings (SSSR count). The zero-order chi connectivity index (χ0) is 39.7. The Morgan fingerprint density at radius 3 is 0.825 bits per heavy atom. The highest BCUT2D eigenvalue weighted by Crippen LogP contribution is 2.35. The molecular formula is C48H36O9. The maximum Gasteiger partial charge on any atom is 0.347 e. The van der Waals surface area contributed by atoms with Crippen LogP contribution in [0.25, 0.3) is 33.4 Å². The Balaban J connectivity index is 1.24. The van der Waals surface area contributed by atoms with Crippen LogP contribution >= 0.6 is 0 Å². The first-order valence-electron chi connectivity index (χ1n) is 17.9. The van der Waals surface area contributed by atoms with Crippen LogP contribution in [0.3, 0.4) is 0 Å². The van der Waals surface area contributed by atoms with E-state index in [1.54, 1.807) is 36.4 Å². The summed E-state index contributed by atoms with van der Waals surface area (Å²) in [5, 5.41) is 0. The molecule has 0 N–H and O–H groups in total. The van der Waals surface area contributed by atoms with Crippen molar-refractivity contribution in [2.45, 2.75) is 0 Å². The molecule has 0 aliphatic rings. The Hall–Kier alpha value is -7.65. The third-order valence-corrected chi connectivity index (χ3v) is 9.06. The van der Waals surface area contributed by atoms with Gasteiger partial charge in [-0.15, -0.1) is 0 Å². The Morgan fingerprint density at radius 1 is 0.316 bits per heavy atom. The summed E-state index contributed by atoms with van der Waals surface area (Å²) < 4.78 is 34.2. The number of hydrogen-bond acceptors (Lipinski definition) is 9. The van der Waals surface area contributed by atoms with E-state index in [4.69, 9.17) is 28.4 Å². The molecule has 0 amide bonds. The molecule has 0 saturated carbocycles. The van der Waals surface area contributed by atoms with Gasteiger partial charge in [0.25, 0.3) is 0 Å². The van der Waals surface area contributed by atoms with Crippen LogP contribution in [0.2, 0.25) is 0 Å². The highest BCUT2D eigenvalue weighted by Gasteiger charge is 2.22. The number of methoxy groups -OCH3 is 3. The minimum atomic E-state index is -0.764. The smallest absolute Gasteiger partial charge is 0.347 e. The van der Waals surface area contributed by atoms with Crippen LogP contribution in [-0.4, -0.2) is 39.2 Å². The van der Waals surface area contributed by atoms with Crippen molar-refractivity contribution in [2.24, 2.45) is 0 Å². The van der Waals surface area contributed by atoms with Gasteiger partial charge in [-0.3, -0.25) is 0 Å². The van der Waals surface area contributed by atoms with Crippen molar-refractivity contribution in [3.63, 3.8) is 0 Å². The quantitative estimate of drug-likeness (QED) is 0.0889. The van der Waals surface area contributed by atoms with Crippen LogP contribution < -0.4 is 28.4 Å². The fourth-order valence-electron chi connectivity index (χ4n) is 6.24. The van der Waals surface area contributed by atoms with Crippen LogP contribution in [0, 0.1) is 0 Å². The molecule has 0 fully saturated rings. The lowest BCUT2D eigenvalue weighted by Crippen LogP contribution is -2.14. The lowest BCUT2D eigenvalue weighted by molar-refractivity contribution is 0.0727. The maximum absolute atomic E-state index is 13.8. The Kier molecular flexibility index (Phi) is 11.4. The summed E-state index contributed by atoms with van der Waals surface area (Å²) in [5.74, 6) is -1.67. The first-order valence-corrected chi connectivity index (χ1v) is 17.9. The molecule has 7 aromatic rings. The van der Waals surface area contributed by atoms with E-state index in [1.165, 1.54) is 39.5 Å². The van der Waals surface area contributed by atoms with E-state index in [0.29, 0.717) is 0 Å². The molecule has 0 bridgehead atoms. The molecule has 7 aromatic carbocycles. The molecule has 0 unspecified atom stereocenters. The lowest BCUT2D eigenvalue weighted by atomic mass is 10.0. The molecule has 0 saturated heterocycles. The molecule has 0 aliphatic heterocycles. The highest BCUT2D eigenvalue weighted by molar-refractivity contribution is 5.98. The van der Waals surface area contributed by atoms with E-state index in [1.807, 2.05) is 109 Å². The molecular weight excluding hydrogens is 721 g/mol. The molecule has 0 aliphatic carbocycles. The Morgan fingerprint density at radius 2 is 0.579 bits per heavy atom. The van der Waals surface area contributed by atoms with Crippen molar-refractivity contribution in [3.05, 3.63) is 180 Å². The van der Waals surface area contributed by atoms with E-state index in [0.717, 1.165) is 33.4 Å². The van der Waals surface area contributed by atoms with Crippen molar-refractivity contribution in [1.29, 1.82) is 0 Å². The van der Waals surface area contributed by atoms with Crippen LogP contribution in [0.4, 0.5) is 0 Å². The van der Waals surface area contributed by atoms with Crippen molar-refractivity contribution in [3.8, 4) is 67.9 Å². The summed E-state index contributed by atoms with van der Waals surface area (Å²) in [6, 6.07) is 48.2. The molecule has 0 aromatic heterocycles. The molecule has 0 spiro atoms. The van der Waals surface area contributed by atoms with Crippen LogP contribution in [0.15, 0.2) is 164 Å². The second-order valence-corrected chi connectivity index (χ2v) is 12.7. The molecule has 9 heteroatoms. The largest absolute Gasteiger partial charge is 0.496 e. The van der Waals surface area contributed by atoms with Gasteiger partial charge in [-0.1, -0.05) is 109 Å². The maximum atomic E-state index is 13.8. The number of carbonyl (C=O) groups excluding carboxylic acids is 3. The van der Waals surface area contributed by atoms with Gasteiger partial charge in [-0.2, -0.15) is 0 Å². The summed E-state index contributed by atoms with van der Waals surface area (Å²) in [7, 11) is 4.36. The first kappa shape index (κ1) is 37.7. The van der Waals surface area contributed by atoms with Gasteiger partial charge in [0.15, 0.2) is 0 Å². The minimum absolute atomic E-state index is 0.0738. The van der Waals surface area contributed by atoms with Gasteiger partial charge in [0.1, 0.15) is 51.2 Å². The molecule has 0 radical (unpaired) electrons. The minimum Gasteiger partial charge on any atom is -0.496 e. The molecule has 282 valence electrons. The summed E-state index contributed by atoms with van der Waals surface area (Å²) in [4.78, 5) is 41.5. The standard InChI is InChI=1S/C48H36O9/c1-52-43-22-19-34(31-13-7-4-8-14-31)25-40(43)46(49)55-37-28-38(56-47(50)41-26-35(20-23-44(41)53-2)32-15-9-5-10-16-32)30-39(29-37)57-48(51)42-27-36(21-24-45(42)54-3)33-17-11-6-12-18-33/h4-30H,1-3H3. The highest BCUT2D eigenvalue weighted by atomic mass is 16.6. The number of carbonyl (C=O) groups is 3. The van der Waals surface area contributed by atoms with Crippen LogP contribution in [-0.2, 0) is 0 Å². The predicted octanol–water partition coefficient (Wildman–Crippen LogP) is 10.4. The Bertz CT molecular complexity index is 2250. The van der Waals surface area contributed by atoms with Gasteiger partial charge in [0, 0.05) is 18.2 Å². The van der Waals surface area contributed by atoms with Gasteiger partial charge in [0.2, 0.25) is 0 Å². The Labute approximate surface area is 329 Å². The number of ether oxygens (including phenoxy) is 6. The van der Waals surface area contributed by atoms with Crippen LogP contribution in [0.5, 0.6) is 34.5 Å². The number of benzene rings is 7. The number of hydrogen-bond donors (Lipinski definition) is 0. The first-order chi connectivity index (χ1) is 27.8. The molecule has 9 nitrogen and oxygen atoms in total. The predicted molar refractivity (Wildman–Crippen MR) is 217 cm³/mol. The zero-order valence-electron chi connectivity index (χ0n) is 31.3. The van der Waals surface area contributed by atoms with Gasteiger partial charge < -0.3 is 28.4 Å². The second-order valence-electron chi connectivity index (χ2n) is 12.7. The third kappa shape index (κ3) is 8.69. The van der Waals surface area contributed by atoms with Gasteiger partial charge >= 0.3 is 17.9 Å². The fraction of sp³-hybridized carbons (Fsp3) is 0.0625.